The van der Waals surface area contributed by atoms with E-state index in [9.17, 15) is 0 Å². The van der Waals surface area contributed by atoms with E-state index in [4.69, 9.17) is 13.9 Å². The molecule has 0 radical (unpaired) electrons. The van der Waals surface area contributed by atoms with E-state index in [0.29, 0.717) is 5.89 Å². The summed E-state index contributed by atoms with van der Waals surface area (Å²) in [4.78, 5) is 4.61. The van der Waals surface area contributed by atoms with Crippen molar-refractivity contribution < 1.29 is 13.9 Å². The van der Waals surface area contributed by atoms with Crippen molar-refractivity contribution in [2.24, 2.45) is 0 Å². The van der Waals surface area contributed by atoms with Gasteiger partial charge in [0.25, 0.3) is 0 Å². The molecule has 0 spiro atoms. The molecule has 4 rings (SSSR count). The van der Waals surface area contributed by atoms with Crippen LogP contribution < -0.4 is 9.47 Å². The van der Waals surface area contributed by atoms with Crippen molar-refractivity contribution in [3.05, 3.63) is 65.7 Å². The number of aromatic nitrogens is 1. The normalized spacial score (nSPS) is 11.0. The minimum absolute atomic E-state index is 0.586. The molecule has 0 amide bonds. The summed E-state index contributed by atoms with van der Waals surface area (Å²) in [5, 5.41) is 0. The molecular formula is C23H21NO3. The summed E-state index contributed by atoms with van der Waals surface area (Å²) in [5.41, 5.74) is 6.93. The molecule has 1 heterocycles. The van der Waals surface area contributed by atoms with Gasteiger partial charge in [-0.3, -0.25) is 0 Å². The topological polar surface area (TPSA) is 44.5 Å². The Morgan fingerprint density at radius 3 is 2.26 bits per heavy atom. The zero-order chi connectivity index (χ0) is 19.0. The summed E-state index contributed by atoms with van der Waals surface area (Å²) in [7, 11) is 3.35. The summed E-state index contributed by atoms with van der Waals surface area (Å²) in [6.07, 6.45) is 0. The highest BCUT2D eigenvalue weighted by Gasteiger charge is 2.12. The maximum Gasteiger partial charge on any atom is 0.227 e. The summed E-state index contributed by atoms with van der Waals surface area (Å²) in [5.74, 6) is 2.29. The first-order valence-corrected chi connectivity index (χ1v) is 8.79. The molecule has 0 aliphatic heterocycles. The minimum atomic E-state index is 0.586. The van der Waals surface area contributed by atoms with E-state index in [1.807, 2.05) is 36.4 Å². The summed E-state index contributed by atoms with van der Waals surface area (Å²) in [6, 6.07) is 18.1. The van der Waals surface area contributed by atoms with Crippen molar-refractivity contribution in [1.82, 2.24) is 4.98 Å². The highest BCUT2D eigenvalue weighted by atomic mass is 16.5. The van der Waals surface area contributed by atoms with Crippen LogP contribution in [0.1, 0.15) is 11.1 Å². The van der Waals surface area contributed by atoms with Gasteiger partial charge in [0.1, 0.15) is 17.0 Å². The molecule has 0 fully saturated rings. The standard InChI is InChI=1S/C23H21NO3/c1-14-10-18(11-15(2)22(14)26-4)16-8-9-20-21(13-16)27-23(24-20)17-6-5-7-19(12-17)25-3/h5-13H,1-4H3. The summed E-state index contributed by atoms with van der Waals surface area (Å²) in [6.45, 7) is 4.12. The number of oxazole rings is 1. The molecule has 136 valence electrons. The second-order valence-electron chi connectivity index (χ2n) is 6.58. The molecule has 4 heteroatoms. The van der Waals surface area contributed by atoms with E-state index >= 15 is 0 Å². The first-order chi connectivity index (χ1) is 13.1. The number of aryl methyl sites for hydroxylation is 2. The molecule has 0 saturated carbocycles. The molecule has 27 heavy (non-hydrogen) atoms. The Morgan fingerprint density at radius 1 is 0.778 bits per heavy atom. The Bertz CT molecular complexity index is 1100. The zero-order valence-corrected chi connectivity index (χ0v) is 15.9. The minimum Gasteiger partial charge on any atom is -0.497 e. The van der Waals surface area contributed by atoms with Crippen LogP contribution in [0.2, 0.25) is 0 Å². The molecule has 0 bridgehead atoms. The molecule has 4 aromatic rings. The van der Waals surface area contributed by atoms with Gasteiger partial charge in [0.15, 0.2) is 5.58 Å². The van der Waals surface area contributed by atoms with E-state index in [1.165, 1.54) is 0 Å². The van der Waals surface area contributed by atoms with Gasteiger partial charge in [0.05, 0.1) is 14.2 Å². The Balaban J connectivity index is 1.77. The van der Waals surface area contributed by atoms with Gasteiger partial charge in [0, 0.05) is 5.56 Å². The van der Waals surface area contributed by atoms with Crippen LogP contribution in [0, 0.1) is 13.8 Å². The zero-order valence-electron chi connectivity index (χ0n) is 15.9. The lowest BCUT2D eigenvalue weighted by Gasteiger charge is -2.11. The average Bonchev–Trinajstić information content (AvgIpc) is 3.11. The third-order valence-corrected chi connectivity index (χ3v) is 4.70. The Kier molecular flexibility index (Phi) is 4.32. The Hall–Kier alpha value is -3.27. The fourth-order valence-electron chi connectivity index (χ4n) is 3.42. The molecule has 0 unspecified atom stereocenters. The molecule has 1 aromatic heterocycles. The van der Waals surface area contributed by atoms with Gasteiger partial charge < -0.3 is 13.9 Å². The maximum absolute atomic E-state index is 6.03. The van der Waals surface area contributed by atoms with Gasteiger partial charge in [-0.25, -0.2) is 4.98 Å². The van der Waals surface area contributed by atoms with E-state index < -0.39 is 0 Å². The van der Waals surface area contributed by atoms with E-state index in [1.54, 1.807) is 14.2 Å². The predicted octanol–water partition coefficient (Wildman–Crippen LogP) is 5.80. The van der Waals surface area contributed by atoms with Gasteiger partial charge in [-0.15, -0.1) is 0 Å². The van der Waals surface area contributed by atoms with Gasteiger partial charge in [-0.2, -0.15) is 0 Å². The lowest BCUT2D eigenvalue weighted by molar-refractivity contribution is 0.408. The van der Waals surface area contributed by atoms with Crippen LogP contribution >= 0.6 is 0 Å². The lowest BCUT2D eigenvalue weighted by Crippen LogP contribution is -1.92. The monoisotopic (exact) mass is 359 g/mol. The van der Waals surface area contributed by atoms with Crippen LogP contribution in [-0.4, -0.2) is 19.2 Å². The van der Waals surface area contributed by atoms with Crippen LogP contribution in [0.4, 0.5) is 0 Å². The number of hydrogen-bond donors (Lipinski definition) is 0. The van der Waals surface area contributed by atoms with Gasteiger partial charge in [0.2, 0.25) is 5.89 Å². The smallest absolute Gasteiger partial charge is 0.227 e. The van der Waals surface area contributed by atoms with Crippen LogP contribution in [0.25, 0.3) is 33.7 Å². The molecule has 3 aromatic carbocycles. The average molecular weight is 359 g/mol. The predicted molar refractivity (Wildman–Crippen MR) is 107 cm³/mol. The van der Waals surface area contributed by atoms with Crippen LogP contribution in [0.3, 0.4) is 0 Å². The second-order valence-corrected chi connectivity index (χ2v) is 6.58. The first kappa shape index (κ1) is 17.2. The Morgan fingerprint density at radius 2 is 1.56 bits per heavy atom. The molecule has 4 nitrogen and oxygen atoms in total. The number of methoxy groups -OCH3 is 2. The maximum atomic E-state index is 6.03. The van der Waals surface area contributed by atoms with Crippen molar-refractivity contribution in [1.29, 1.82) is 0 Å². The van der Waals surface area contributed by atoms with Crippen molar-refractivity contribution >= 4 is 11.1 Å². The third-order valence-electron chi connectivity index (χ3n) is 4.70. The van der Waals surface area contributed by atoms with E-state index in [-0.39, 0.29) is 0 Å². The molecule has 0 aliphatic rings. The number of benzene rings is 3. The largest absolute Gasteiger partial charge is 0.497 e. The SMILES string of the molecule is COc1cccc(-c2nc3ccc(-c4cc(C)c(OC)c(C)c4)cc3o2)c1. The van der Waals surface area contributed by atoms with Crippen molar-refractivity contribution in [3.8, 4) is 34.1 Å². The number of rotatable bonds is 4. The van der Waals surface area contributed by atoms with Crippen molar-refractivity contribution in [2.75, 3.05) is 14.2 Å². The van der Waals surface area contributed by atoms with Gasteiger partial charge >= 0.3 is 0 Å². The van der Waals surface area contributed by atoms with Crippen LogP contribution in [0.5, 0.6) is 11.5 Å². The second kappa shape index (κ2) is 6.80. The number of hydrogen-bond acceptors (Lipinski definition) is 4. The van der Waals surface area contributed by atoms with E-state index in [0.717, 1.165) is 50.4 Å². The van der Waals surface area contributed by atoms with E-state index in [2.05, 4.69) is 37.0 Å². The number of nitrogens with zero attached hydrogens (tertiary/aromatic N) is 1. The van der Waals surface area contributed by atoms with Crippen LogP contribution in [-0.2, 0) is 0 Å². The molecule has 0 N–H and O–H groups in total. The third kappa shape index (κ3) is 3.14. The van der Waals surface area contributed by atoms with Crippen LogP contribution in [0.15, 0.2) is 59.0 Å². The highest BCUT2D eigenvalue weighted by Crippen LogP contribution is 2.33. The number of ether oxygens (including phenoxy) is 2. The Labute approximate surface area is 158 Å². The molecule has 0 atom stereocenters. The van der Waals surface area contributed by atoms with Crippen molar-refractivity contribution in [3.63, 3.8) is 0 Å². The quantitative estimate of drug-likeness (QED) is 0.462. The van der Waals surface area contributed by atoms with Gasteiger partial charge in [-0.1, -0.05) is 12.1 Å². The molecule has 0 aliphatic carbocycles. The summed E-state index contributed by atoms with van der Waals surface area (Å²) >= 11 is 0. The number of fused-ring (bicyclic) bond motifs is 1. The lowest BCUT2D eigenvalue weighted by atomic mass is 9.99. The highest BCUT2D eigenvalue weighted by molar-refractivity contribution is 5.82. The molecule has 0 saturated heterocycles. The first-order valence-electron chi connectivity index (χ1n) is 8.79. The fraction of sp³-hybridized carbons (Fsp3) is 0.174. The summed E-state index contributed by atoms with van der Waals surface area (Å²) < 4.78 is 16.8. The molecular weight excluding hydrogens is 338 g/mol. The van der Waals surface area contributed by atoms with Crippen molar-refractivity contribution in [2.45, 2.75) is 13.8 Å². The fourth-order valence-corrected chi connectivity index (χ4v) is 3.42. The van der Waals surface area contributed by atoms with Gasteiger partial charge in [-0.05, 0) is 78.6 Å².